The molecule has 1 aromatic rings. The first kappa shape index (κ1) is 9.84. The van der Waals surface area contributed by atoms with Crippen molar-refractivity contribution in [2.75, 3.05) is 5.32 Å². The molecule has 1 amide bonds. The molecule has 8 heteroatoms. The van der Waals surface area contributed by atoms with Gasteiger partial charge in [-0.25, -0.2) is 4.79 Å². The number of carboxylic acid groups (broad SMARTS) is 1. The second-order valence-corrected chi connectivity index (χ2v) is 2.36. The molecule has 0 aliphatic carbocycles. The van der Waals surface area contributed by atoms with E-state index in [2.05, 4.69) is 25.9 Å². The quantitative estimate of drug-likeness (QED) is 0.543. The van der Waals surface area contributed by atoms with Crippen LogP contribution < -0.4 is 5.32 Å². The standard InChI is InChI=1S/C6H7N5O3/c1-3(5(13)14)2-4(12)7-6-8-10-11-9-6/h2H,1H3,(H,13,14)(H2,7,8,9,10,11,12)/b3-2+. The first-order valence-electron chi connectivity index (χ1n) is 3.55. The van der Waals surface area contributed by atoms with Crippen molar-refractivity contribution < 1.29 is 14.7 Å². The van der Waals surface area contributed by atoms with Crippen molar-refractivity contribution in [2.24, 2.45) is 0 Å². The van der Waals surface area contributed by atoms with Gasteiger partial charge in [-0.2, -0.15) is 5.21 Å². The van der Waals surface area contributed by atoms with E-state index in [1.165, 1.54) is 6.92 Å². The fourth-order valence-electron chi connectivity index (χ4n) is 0.619. The predicted molar refractivity (Wildman–Crippen MR) is 44.2 cm³/mol. The van der Waals surface area contributed by atoms with E-state index in [4.69, 9.17) is 5.11 Å². The van der Waals surface area contributed by atoms with Gasteiger partial charge in [-0.15, -0.1) is 5.10 Å². The average Bonchev–Trinajstić information content (AvgIpc) is 2.56. The topological polar surface area (TPSA) is 121 Å². The lowest BCUT2D eigenvalue weighted by Crippen LogP contribution is -2.11. The van der Waals surface area contributed by atoms with Crippen LogP contribution >= 0.6 is 0 Å². The number of aromatic nitrogens is 4. The van der Waals surface area contributed by atoms with Crippen molar-refractivity contribution in [1.82, 2.24) is 20.6 Å². The number of nitrogens with zero attached hydrogens (tertiary/aromatic N) is 3. The van der Waals surface area contributed by atoms with Gasteiger partial charge in [0.05, 0.1) is 0 Å². The van der Waals surface area contributed by atoms with Crippen molar-refractivity contribution in [1.29, 1.82) is 0 Å². The summed E-state index contributed by atoms with van der Waals surface area (Å²) >= 11 is 0. The minimum absolute atomic E-state index is 0.00978. The van der Waals surface area contributed by atoms with Crippen LogP contribution in [0.4, 0.5) is 5.95 Å². The van der Waals surface area contributed by atoms with Crippen molar-refractivity contribution in [3.63, 3.8) is 0 Å². The van der Waals surface area contributed by atoms with Gasteiger partial charge in [0.15, 0.2) is 0 Å². The molecule has 0 saturated carbocycles. The highest BCUT2D eigenvalue weighted by Crippen LogP contribution is 1.95. The number of aliphatic carboxylic acids is 1. The maximum Gasteiger partial charge on any atom is 0.331 e. The Hall–Kier alpha value is -2.25. The van der Waals surface area contributed by atoms with Crippen molar-refractivity contribution in [2.45, 2.75) is 6.92 Å². The minimum Gasteiger partial charge on any atom is -0.478 e. The van der Waals surface area contributed by atoms with Crippen molar-refractivity contribution >= 4 is 17.8 Å². The van der Waals surface area contributed by atoms with Crippen LogP contribution in [0.1, 0.15) is 6.92 Å². The van der Waals surface area contributed by atoms with E-state index in [0.717, 1.165) is 6.08 Å². The van der Waals surface area contributed by atoms with Crippen LogP contribution in [0, 0.1) is 0 Å². The zero-order valence-corrected chi connectivity index (χ0v) is 7.18. The summed E-state index contributed by atoms with van der Waals surface area (Å²) in [5.41, 5.74) is -0.0778. The molecule has 1 aromatic heterocycles. The summed E-state index contributed by atoms with van der Waals surface area (Å²) in [6.07, 6.45) is 0.929. The van der Waals surface area contributed by atoms with Gasteiger partial charge in [0, 0.05) is 11.6 Å². The molecule has 0 saturated heterocycles. The molecule has 0 fully saturated rings. The number of hydrogen-bond donors (Lipinski definition) is 3. The van der Waals surface area contributed by atoms with E-state index < -0.39 is 11.9 Å². The van der Waals surface area contributed by atoms with Crippen LogP contribution in [-0.4, -0.2) is 37.6 Å². The molecule has 0 bridgehead atoms. The molecule has 0 atom stereocenters. The highest BCUT2D eigenvalue weighted by molar-refractivity contribution is 6.03. The van der Waals surface area contributed by atoms with Crippen LogP contribution in [0.5, 0.6) is 0 Å². The molecule has 0 spiro atoms. The molecule has 14 heavy (non-hydrogen) atoms. The van der Waals surface area contributed by atoms with Gasteiger partial charge in [0.2, 0.25) is 0 Å². The lowest BCUT2D eigenvalue weighted by atomic mass is 10.3. The second kappa shape index (κ2) is 4.12. The molecule has 74 valence electrons. The SMILES string of the molecule is C/C(=C\C(=O)Nc1nn[nH]n1)C(=O)O. The third-order valence-electron chi connectivity index (χ3n) is 1.27. The third kappa shape index (κ3) is 2.66. The highest BCUT2D eigenvalue weighted by atomic mass is 16.4. The van der Waals surface area contributed by atoms with Gasteiger partial charge in [0.1, 0.15) is 0 Å². The molecule has 1 rings (SSSR count). The van der Waals surface area contributed by atoms with Crippen LogP contribution in [0.3, 0.4) is 0 Å². The largest absolute Gasteiger partial charge is 0.478 e. The number of nitrogens with one attached hydrogen (secondary N) is 2. The Balaban J connectivity index is 2.60. The fraction of sp³-hybridized carbons (Fsp3) is 0.167. The lowest BCUT2D eigenvalue weighted by Gasteiger charge is -1.94. The van der Waals surface area contributed by atoms with Crippen LogP contribution in [0.25, 0.3) is 0 Å². The Labute approximate surface area is 78.0 Å². The number of aromatic amines is 1. The average molecular weight is 197 g/mol. The van der Waals surface area contributed by atoms with Crippen molar-refractivity contribution in [3.05, 3.63) is 11.6 Å². The zero-order valence-electron chi connectivity index (χ0n) is 7.18. The smallest absolute Gasteiger partial charge is 0.331 e. The number of hydrogen-bond acceptors (Lipinski definition) is 5. The molecular weight excluding hydrogens is 190 g/mol. The van der Waals surface area contributed by atoms with Gasteiger partial charge in [-0.3, -0.25) is 10.1 Å². The van der Waals surface area contributed by atoms with E-state index in [1.54, 1.807) is 0 Å². The summed E-state index contributed by atoms with van der Waals surface area (Å²) in [5.74, 6) is -1.79. The normalized spacial score (nSPS) is 11.1. The molecule has 0 aliphatic rings. The highest BCUT2D eigenvalue weighted by Gasteiger charge is 2.06. The Morgan fingerprint density at radius 2 is 2.29 bits per heavy atom. The Bertz CT molecular complexity index is 369. The molecule has 3 N–H and O–H groups in total. The first-order valence-corrected chi connectivity index (χ1v) is 3.55. The maximum atomic E-state index is 11.1. The number of rotatable bonds is 3. The van der Waals surface area contributed by atoms with E-state index in [1.807, 2.05) is 0 Å². The number of H-pyrrole nitrogens is 1. The number of carboxylic acids is 1. The number of carbonyl (C=O) groups is 2. The summed E-state index contributed by atoms with van der Waals surface area (Å²) < 4.78 is 0. The van der Waals surface area contributed by atoms with Gasteiger partial charge in [0.25, 0.3) is 11.9 Å². The van der Waals surface area contributed by atoms with E-state index in [0.29, 0.717) is 0 Å². The summed E-state index contributed by atoms with van der Waals surface area (Å²) in [6, 6.07) is 0. The monoisotopic (exact) mass is 197 g/mol. The van der Waals surface area contributed by atoms with Crippen LogP contribution in [0.2, 0.25) is 0 Å². The number of tetrazole rings is 1. The molecule has 0 aliphatic heterocycles. The second-order valence-electron chi connectivity index (χ2n) is 2.36. The Morgan fingerprint density at radius 1 is 1.57 bits per heavy atom. The Kier molecular flexibility index (Phi) is 2.89. The lowest BCUT2D eigenvalue weighted by molar-refractivity contribution is -0.132. The zero-order chi connectivity index (χ0) is 10.6. The Morgan fingerprint density at radius 3 is 2.79 bits per heavy atom. The number of carbonyl (C=O) groups excluding carboxylic acids is 1. The van der Waals surface area contributed by atoms with E-state index in [-0.39, 0.29) is 11.5 Å². The molecule has 0 aromatic carbocycles. The number of anilines is 1. The molecular formula is C6H7N5O3. The van der Waals surface area contributed by atoms with Crippen LogP contribution in [0.15, 0.2) is 11.6 Å². The number of amides is 1. The third-order valence-corrected chi connectivity index (χ3v) is 1.27. The van der Waals surface area contributed by atoms with Gasteiger partial charge in [-0.1, -0.05) is 5.10 Å². The molecule has 1 heterocycles. The fourth-order valence-corrected chi connectivity index (χ4v) is 0.619. The van der Waals surface area contributed by atoms with Crippen molar-refractivity contribution in [3.8, 4) is 0 Å². The van der Waals surface area contributed by atoms with Gasteiger partial charge < -0.3 is 5.11 Å². The summed E-state index contributed by atoms with van der Waals surface area (Å²) in [6.45, 7) is 1.30. The summed E-state index contributed by atoms with van der Waals surface area (Å²) in [7, 11) is 0. The van der Waals surface area contributed by atoms with Gasteiger partial charge in [-0.05, 0) is 12.1 Å². The van der Waals surface area contributed by atoms with Crippen LogP contribution in [-0.2, 0) is 9.59 Å². The molecule has 8 nitrogen and oxygen atoms in total. The predicted octanol–water partition coefficient (Wildman–Crippen LogP) is -0.831. The molecule has 0 unspecified atom stereocenters. The maximum absolute atomic E-state index is 11.1. The summed E-state index contributed by atoms with van der Waals surface area (Å²) in [4.78, 5) is 21.4. The summed E-state index contributed by atoms with van der Waals surface area (Å²) in [5, 5.41) is 22.9. The van der Waals surface area contributed by atoms with E-state index in [9.17, 15) is 9.59 Å². The minimum atomic E-state index is -1.16. The van der Waals surface area contributed by atoms with E-state index >= 15 is 0 Å². The molecule has 0 radical (unpaired) electrons. The first-order chi connectivity index (χ1) is 6.59. The van der Waals surface area contributed by atoms with Gasteiger partial charge >= 0.3 is 5.97 Å².